The van der Waals surface area contributed by atoms with Crippen molar-refractivity contribution >= 4 is 50.3 Å². The summed E-state index contributed by atoms with van der Waals surface area (Å²) in [6, 6.07) is 4.70. The Kier molecular flexibility index (Phi) is 6.17. The SMILES string of the molecule is O=C1c2sc(-c3nc(Nc4cc5c(cc4Cl)CCNC5)ncc3C(F)(F)F)cc2S(=O)(=O)CCN1C1CC1. The number of carbonyl (C=O) groups is 1. The van der Waals surface area contributed by atoms with Crippen molar-refractivity contribution in [2.45, 2.75) is 42.9 Å². The minimum Gasteiger partial charge on any atom is -0.334 e. The number of rotatable bonds is 4. The van der Waals surface area contributed by atoms with E-state index < -0.39 is 33.2 Å². The lowest BCUT2D eigenvalue weighted by molar-refractivity contribution is -0.137. The lowest BCUT2D eigenvalue weighted by Gasteiger charge is -2.19. The minimum absolute atomic E-state index is 0.0358. The van der Waals surface area contributed by atoms with Gasteiger partial charge in [-0.05, 0) is 55.1 Å². The number of benzene rings is 1. The Labute approximate surface area is 225 Å². The molecule has 8 nitrogen and oxygen atoms in total. The molecule has 0 unspecified atom stereocenters. The van der Waals surface area contributed by atoms with Crippen LogP contribution in [-0.4, -0.2) is 54.1 Å². The van der Waals surface area contributed by atoms with Crippen LogP contribution in [0.2, 0.25) is 5.02 Å². The number of anilines is 2. The van der Waals surface area contributed by atoms with Crippen LogP contribution in [0.5, 0.6) is 0 Å². The molecule has 0 saturated heterocycles. The minimum atomic E-state index is -4.81. The predicted octanol–water partition coefficient (Wildman–Crippen LogP) is 4.66. The number of nitrogens with one attached hydrogen (secondary N) is 2. The second-order valence-electron chi connectivity index (χ2n) is 9.46. The number of hydrogen-bond acceptors (Lipinski definition) is 8. The zero-order chi connectivity index (χ0) is 26.8. The Bertz CT molecular complexity index is 1570. The molecule has 1 saturated carbocycles. The van der Waals surface area contributed by atoms with Gasteiger partial charge in [0.05, 0.1) is 31.9 Å². The summed E-state index contributed by atoms with van der Waals surface area (Å²) in [5.74, 6) is -0.904. The lowest BCUT2D eigenvalue weighted by Crippen LogP contribution is -2.34. The summed E-state index contributed by atoms with van der Waals surface area (Å²) in [5.41, 5.74) is 0.870. The van der Waals surface area contributed by atoms with Gasteiger partial charge in [0.25, 0.3) is 5.91 Å². The van der Waals surface area contributed by atoms with Gasteiger partial charge < -0.3 is 15.5 Å². The van der Waals surface area contributed by atoms with Crippen LogP contribution in [0.3, 0.4) is 0 Å². The molecule has 1 aromatic carbocycles. The molecule has 2 N–H and O–H groups in total. The molecule has 2 aliphatic heterocycles. The predicted molar refractivity (Wildman–Crippen MR) is 137 cm³/mol. The fraction of sp³-hybridized carbons (Fsp3) is 0.375. The normalized spacial score (nSPS) is 19.1. The first kappa shape index (κ1) is 25.5. The van der Waals surface area contributed by atoms with E-state index in [1.807, 2.05) is 6.07 Å². The Hall–Kier alpha value is -2.74. The molecule has 1 amide bonds. The first-order chi connectivity index (χ1) is 18.0. The van der Waals surface area contributed by atoms with E-state index in [4.69, 9.17) is 11.6 Å². The number of thiophene rings is 1. The number of aromatic nitrogens is 2. The second-order valence-corrected chi connectivity index (χ2v) is 13.0. The molecule has 3 aliphatic rings. The van der Waals surface area contributed by atoms with Crippen LogP contribution in [0.1, 0.15) is 39.2 Å². The highest BCUT2D eigenvalue weighted by molar-refractivity contribution is 7.91. The largest absolute Gasteiger partial charge is 0.420 e. The smallest absolute Gasteiger partial charge is 0.334 e. The van der Waals surface area contributed by atoms with Crippen LogP contribution in [0.4, 0.5) is 24.8 Å². The Morgan fingerprint density at radius 2 is 1.97 bits per heavy atom. The van der Waals surface area contributed by atoms with Crippen molar-refractivity contribution in [3.8, 4) is 10.6 Å². The van der Waals surface area contributed by atoms with Gasteiger partial charge in [-0.15, -0.1) is 11.3 Å². The molecule has 0 spiro atoms. The first-order valence-corrected chi connectivity index (χ1v) is 14.8. The monoisotopic (exact) mass is 583 g/mol. The molecule has 38 heavy (non-hydrogen) atoms. The molecule has 1 aliphatic carbocycles. The Balaban J connectivity index is 1.43. The summed E-state index contributed by atoms with van der Waals surface area (Å²) in [5, 5.41) is 6.52. The standard InChI is InChI=1S/C24H21ClF3N5O3S2/c25-16-7-12-3-4-29-10-13(12)8-17(16)31-23-30-11-15(24(26,27)28)20(32-23)18-9-19-21(37-18)22(34)33(14-1-2-14)5-6-38(19,35)36/h7-9,11,14,29H,1-6,10H2,(H,30,31,32). The average Bonchev–Trinajstić information content (AvgIpc) is 3.60. The maximum Gasteiger partial charge on any atom is 0.420 e. The van der Waals surface area contributed by atoms with Crippen LogP contribution in [0.25, 0.3) is 10.6 Å². The summed E-state index contributed by atoms with van der Waals surface area (Å²) in [6.45, 7) is 1.51. The summed E-state index contributed by atoms with van der Waals surface area (Å²) in [6.07, 6.45) is -1.80. The number of sulfone groups is 1. The van der Waals surface area contributed by atoms with Gasteiger partial charge in [0, 0.05) is 25.3 Å². The van der Waals surface area contributed by atoms with Crippen LogP contribution >= 0.6 is 22.9 Å². The van der Waals surface area contributed by atoms with Gasteiger partial charge in [-0.3, -0.25) is 4.79 Å². The lowest BCUT2D eigenvalue weighted by atomic mass is 10.0. The van der Waals surface area contributed by atoms with Gasteiger partial charge in [0.15, 0.2) is 9.84 Å². The summed E-state index contributed by atoms with van der Waals surface area (Å²) < 4.78 is 67.9. The highest BCUT2D eigenvalue weighted by Gasteiger charge is 2.41. The molecule has 3 aromatic rings. The molecule has 1 fully saturated rings. The van der Waals surface area contributed by atoms with Crippen molar-refractivity contribution in [1.82, 2.24) is 20.2 Å². The van der Waals surface area contributed by atoms with Crippen LogP contribution in [0, 0.1) is 0 Å². The maximum atomic E-state index is 14.0. The van der Waals surface area contributed by atoms with Crippen molar-refractivity contribution in [2.75, 3.05) is 24.2 Å². The van der Waals surface area contributed by atoms with E-state index in [0.29, 0.717) is 34.8 Å². The number of nitrogens with zero attached hydrogens (tertiary/aromatic N) is 3. The summed E-state index contributed by atoms with van der Waals surface area (Å²) >= 11 is 7.13. The van der Waals surface area contributed by atoms with Crippen LogP contribution < -0.4 is 10.6 Å². The Morgan fingerprint density at radius 3 is 2.71 bits per heavy atom. The first-order valence-electron chi connectivity index (χ1n) is 11.9. The van der Waals surface area contributed by atoms with Crippen molar-refractivity contribution in [2.24, 2.45) is 0 Å². The van der Waals surface area contributed by atoms with Crippen LogP contribution in [-0.2, 0) is 29.0 Å². The van der Waals surface area contributed by atoms with Crippen LogP contribution in [0.15, 0.2) is 29.3 Å². The van der Waals surface area contributed by atoms with E-state index in [-0.39, 0.29) is 38.9 Å². The zero-order valence-corrected chi connectivity index (χ0v) is 22.1. The molecule has 2 aromatic heterocycles. The molecule has 0 radical (unpaired) electrons. The third-order valence-electron chi connectivity index (χ3n) is 6.83. The number of halogens is 4. The molecule has 200 valence electrons. The number of fused-ring (bicyclic) bond motifs is 2. The van der Waals surface area contributed by atoms with Gasteiger partial charge in [-0.2, -0.15) is 13.2 Å². The van der Waals surface area contributed by atoms with E-state index in [9.17, 15) is 26.4 Å². The van der Waals surface area contributed by atoms with E-state index in [0.717, 1.165) is 43.0 Å². The van der Waals surface area contributed by atoms with Gasteiger partial charge >= 0.3 is 6.18 Å². The molecule has 4 heterocycles. The second kappa shape index (κ2) is 9.18. The molecule has 0 atom stereocenters. The quantitative estimate of drug-likeness (QED) is 0.460. The highest BCUT2D eigenvalue weighted by Crippen LogP contribution is 2.43. The fourth-order valence-electron chi connectivity index (χ4n) is 4.72. The van der Waals surface area contributed by atoms with Crippen molar-refractivity contribution in [1.29, 1.82) is 0 Å². The molecular weight excluding hydrogens is 563 g/mol. The van der Waals surface area contributed by atoms with Gasteiger partial charge in [-0.1, -0.05) is 11.6 Å². The van der Waals surface area contributed by atoms with Crippen molar-refractivity contribution in [3.05, 3.63) is 51.0 Å². The average molecular weight is 584 g/mol. The van der Waals surface area contributed by atoms with E-state index in [2.05, 4.69) is 20.6 Å². The number of hydrogen-bond donors (Lipinski definition) is 2. The van der Waals surface area contributed by atoms with Gasteiger partial charge in [0.2, 0.25) is 5.95 Å². The molecule has 6 rings (SSSR count). The Morgan fingerprint density at radius 1 is 1.18 bits per heavy atom. The number of amides is 1. The van der Waals surface area contributed by atoms with E-state index in [1.165, 1.54) is 4.90 Å². The maximum absolute atomic E-state index is 14.0. The summed E-state index contributed by atoms with van der Waals surface area (Å²) in [4.78, 5) is 22.3. The van der Waals surface area contributed by atoms with E-state index in [1.54, 1.807) is 6.07 Å². The molecule has 0 bridgehead atoms. The third-order valence-corrected chi connectivity index (χ3v) is 10.1. The number of alkyl halides is 3. The topological polar surface area (TPSA) is 104 Å². The fourth-order valence-corrected chi connectivity index (χ4v) is 7.87. The van der Waals surface area contributed by atoms with Gasteiger partial charge in [-0.25, -0.2) is 18.4 Å². The van der Waals surface area contributed by atoms with Crippen molar-refractivity contribution < 1.29 is 26.4 Å². The molecule has 14 heteroatoms. The highest BCUT2D eigenvalue weighted by atomic mass is 35.5. The van der Waals surface area contributed by atoms with Gasteiger partial charge in [0.1, 0.15) is 10.4 Å². The summed E-state index contributed by atoms with van der Waals surface area (Å²) in [7, 11) is -3.87. The molecular formula is C24H21ClF3N5O3S2. The third kappa shape index (κ3) is 4.65. The number of carbonyl (C=O) groups excluding carboxylic acids is 1. The van der Waals surface area contributed by atoms with E-state index >= 15 is 0 Å². The van der Waals surface area contributed by atoms with Crippen molar-refractivity contribution in [3.63, 3.8) is 0 Å². The zero-order valence-electron chi connectivity index (χ0n) is 19.7.